The summed E-state index contributed by atoms with van der Waals surface area (Å²) in [5.41, 5.74) is 5.30. The SMILES string of the molecule is CC(=O)N(CCCN)C(=O)C(C)C. The standard InChI is InChI=1S/C9H18N2O2/c1-7(2)9(13)11(8(3)12)6-4-5-10/h7H,4-6,10H2,1-3H3. The molecule has 0 aliphatic carbocycles. The number of carbonyl (C=O) groups excluding carboxylic acids is 2. The molecule has 13 heavy (non-hydrogen) atoms. The number of nitrogens with zero attached hydrogens (tertiary/aromatic N) is 1. The van der Waals surface area contributed by atoms with Crippen molar-refractivity contribution in [3.05, 3.63) is 0 Å². The van der Waals surface area contributed by atoms with Gasteiger partial charge in [0.15, 0.2) is 0 Å². The Hall–Kier alpha value is -0.900. The summed E-state index contributed by atoms with van der Waals surface area (Å²) in [7, 11) is 0. The van der Waals surface area contributed by atoms with Gasteiger partial charge in [-0.15, -0.1) is 0 Å². The Kier molecular flexibility index (Phi) is 5.30. The maximum atomic E-state index is 11.5. The molecule has 0 aromatic carbocycles. The van der Waals surface area contributed by atoms with Crippen molar-refractivity contribution in [2.45, 2.75) is 27.2 Å². The summed E-state index contributed by atoms with van der Waals surface area (Å²) in [6, 6.07) is 0. The molecule has 0 unspecified atom stereocenters. The summed E-state index contributed by atoms with van der Waals surface area (Å²) in [6.07, 6.45) is 0.665. The maximum absolute atomic E-state index is 11.5. The van der Waals surface area contributed by atoms with E-state index in [0.29, 0.717) is 19.5 Å². The molecule has 0 aromatic rings. The second kappa shape index (κ2) is 5.70. The smallest absolute Gasteiger partial charge is 0.231 e. The molecule has 2 N–H and O–H groups in total. The zero-order chi connectivity index (χ0) is 10.4. The van der Waals surface area contributed by atoms with Gasteiger partial charge in [0.1, 0.15) is 0 Å². The minimum atomic E-state index is -0.202. The first-order valence-corrected chi connectivity index (χ1v) is 4.52. The van der Waals surface area contributed by atoms with Crippen molar-refractivity contribution < 1.29 is 9.59 Å². The lowest BCUT2D eigenvalue weighted by Gasteiger charge is -2.20. The van der Waals surface area contributed by atoms with Gasteiger partial charge >= 0.3 is 0 Å². The van der Waals surface area contributed by atoms with Crippen molar-refractivity contribution in [3.8, 4) is 0 Å². The quantitative estimate of drug-likeness (QED) is 0.689. The van der Waals surface area contributed by atoms with E-state index in [4.69, 9.17) is 5.73 Å². The van der Waals surface area contributed by atoms with Crippen LogP contribution >= 0.6 is 0 Å². The average molecular weight is 186 g/mol. The van der Waals surface area contributed by atoms with Crippen LogP contribution in [0.2, 0.25) is 0 Å². The largest absolute Gasteiger partial charge is 0.330 e. The van der Waals surface area contributed by atoms with E-state index in [0.717, 1.165) is 0 Å². The topological polar surface area (TPSA) is 63.4 Å². The number of hydrogen-bond donors (Lipinski definition) is 1. The molecule has 2 amide bonds. The van der Waals surface area contributed by atoms with Crippen LogP contribution in [0.1, 0.15) is 27.2 Å². The Morgan fingerprint density at radius 2 is 1.92 bits per heavy atom. The van der Waals surface area contributed by atoms with E-state index < -0.39 is 0 Å². The van der Waals surface area contributed by atoms with Gasteiger partial charge < -0.3 is 5.73 Å². The van der Waals surface area contributed by atoms with Gasteiger partial charge in [0.05, 0.1) is 0 Å². The summed E-state index contributed by atoms with van der Waals surface area (Å²) in [4.78, 5) is 23.8. The van der Waals surface area contributed by atoms with Crippen molar-refractivity contribution >= 4 is 11.8 Å². The van der Waals surface area contributed by atoms with Crippen LogP contribution in [0.4, 0.5) is 0 Å². The van der Waals surface area contributed by atoms with Crippen molar-refractivity contribution in [3.63, 3.8) is 0 Å². The van der Waals surface area contributed by atoms with Gasteiger partial charge in [-0.25, -0.2) is 0 Å². The van der Waals surface area contributed by atoms with Crippen LogP contribution in [0.3, 0.4) is 0 Å². The Morgan fingerprint density at radius 1 is 1.38 bits per heavy atom. The molecule has 0 atom stereocenters. The predicted molar refractivity (Wildman–Crippen MR) is 50.9 cm³/mol. The van der Waals surface area contributed by atoms with Crippen LogP contribution in [0.15, 0.2) is 0 Å². The van der Waals surface area contributed by atoms with E-state index in [1.807, 2.05) is 0 Å². The molecular weight excluding hydrogens is 168 g/mol. The van der Waals surface area contributed by atoms with E-state index in [1.54, 1.807) is 13.8 Å². The molecule has 4 nitrogen and oxygen atoms in total. The van der Waals surface area contributed by atoms with Crippen LogP contribution in [0.25, 0.3) is 0 Å². The zero-order valence-corrected chi connectivity index (χ0v) is 8.54. The number of carbonyl (C=O) groups is 2. The molecule has 0 rings (SSSR count). The third-order valence-corrected chi connectivity index (χ3v) is 1.73. The average Bonchev–Trinajstić information content (AvgIpc) is 2.04. The summed E-state index contributed by atoms with van der Waals surface area (Å²) < 4.78 is 0. The van der Waals surface area contributed by atoms with Gasteiger partial charge in [0.2, 0.25) is 11.8 Å². The van der Waals surface area contributed by atoms with Crippen LogP contribution in [-0.4, -0.2) is 29.8 Å². The molecule has 0 saturated carbocycles. The third kappa shape index (κ3) is 4.03. The Balaban J connectivity index is 4.24. The van der Waals surface area contributed by atoms with E-state index in [-0.39, 0.29) is 17.7 Å². The number of nitrogens with two attached hydrogens (primary N) is 1. The fourth-order valence-electron chi connectivity index (χ4n) is 0.984. The summed E-state index contributed by atoms with van der Waals surface area (Å²) in [6.45, 7) is 5.89. The lowest BCUT2D eigenvalue weighted by molar-refractivity contribution is -0.145. The zero-order valence-electron chi connectivity index (χ0n) is 8.54. The number of hydrogen-bond acceptors (Lipinski definition) is 3. The highest BCUT2D eigenvalue weighted by atomic mass is 16.2. The molecule has 0 spiro atoms. The Morgan fingerprint density at radius 3 is 2.23 bits per heavy atom. The summed E-state index contributed by atoms with van der Waals surface area (Å²) >= 11 is 0. The molecule has 0 fully saturated rings. The van der Waals surface area contributed by atoms with E-state index in [9.17, 15) is 9.59 Å². The first-order chi connectivity index (χ1) is 6.00. The molecule has 0 aliphatic heterocycles. The fraction of sp³-hybridized carbons (Fsp3) is 0.778. The highest BCUT2D eigenvalue weighted by Gasteiger charge is 2.19. The predicted octanol–water partition coefficient (Wildman–Crippen LogP) is 0.366. The van der Waals surface area contributed by atoms with Gasteiger partial charge in [-0.3, -0.25) is 14.5 Å². The van der Waals surface area contributed by atoms with Crippen LogP contribution in [0.5, 0.6) is 0 Å². The van der Waals surface area contributed by atoms with E-state index in [2.05, 4.69) is 0 Å². The highest BCUT2D eigenvalue weighted by molar-refractivity contribution is 5.94. The molecular formula is C9H18N2O2. The first kappa shape index (κ1) is 12.1. The van der Waals surface area contributed by atoms with E-state index in [1.165, 1.54) is 11.8 Å². The lowest BCUT2D eigenvalue weighted by Crippen LogP contribution is -2.39. The first-order valence-electron chi connectivity index (χ1n) is 4.52. The van der Waals surface area contributed by atoms with Crippen molar-refractivity contribution in [2.24, 2.45) is 11.7 Å². The third-order valence-electron chi connectivity index (χ3n) is 1.73. The fourth-order valence-corrected chi connectivity index (χ4v) is 0.984. The van der Waals surface area contributed by atoms with Crippen LogP contribution < -0.4 is 5.73 Å². The van der Waals surface area contributed by atoms with Crippen molar-refractivity contribution in [2.75, 3.05) is 13.1 Å². The minimum absolute atomic E-state index is 0.124. The molecule has 0 radical (unpaired) electrons. The summed E-state index contributed by atoms with van der Waals surface area (Å²) in [5.74, 6) is -0.463. The second-order valence-electron chi connectivity index (χ2n) is 3.31. The molecule has 4 heteroatoms. The van der Waals surface area contributed by atoms with Gasteiger partial charge in [0.25, 0.3) is 0 Å². The van der Waals surface area contributed by atoms with Crippen molar-refractivity contribution in [1.29, 1.82) is 0 Å². The minimum Gasteiger partial charge on any atom is -0.330 e. The number of amides is 2. The van der Waals surface area contributed by atoms with E-state index >= 15 is 0 Å². The second-order valence-corrected chi connectivity index (χ2v) is 3.31. The summed E-state index contributed by atoms with van der Waals surface area (Å²) in [5, 5.41) is 0. The lowest BCUT2D eigenvalue weighted by atomic mass is 10.2. The molecule has 76 valence electrons. The monoisotopic (exact) mass is 186 g/mol. The Bertz CT molecular complexity index is 190. The highest BCUT2D eigenvalue weighted by Crippen LogP contribution is 2.02. The van der Waals surface area contributed by atoms with Gasteiger partial charge in [-0.2, -0.15) is 0 Å². The van der Waals surface area contributed by atoms with Crippen LogP contribution in [0, 0.1) is 5.92 Å². The van der Waals surface area contributed by atoms with Gasteiger partial charge in [-0.05, 0) is 13.0 Å². The van der Waals surface area contributed by atoms with Gasteiger partial charge in [0, 0.05) is 19.4 Å². The van der Waals surface area contributed by atoms with Crippen LogP contribution in [-0.2, 0) is 9.59 Å². The normalized spacial score (nSPS) is 10.2. The van der Waals surface area contributed by atoms with Crippen molar-refractivity contribution in [1.82, 2.24) is 4.90 Å². The molecule has 0 aliphatic rings. The molecule has 0 aromatic heterocycles. The maximum Gasteiger partial charge on any atom is 0.231 e. The number of rotatable bonds is 4. The molecule has 0 saturated heterocycles. The van der Waals surface area contributed by atoms with Gasteiger partial charge in [-0.1, -0.05) is 13.8 Å². The molecule has 0 heterocycles. The number of imide groups is 1. The Labute approximate surface area is 79.1 Å². The molecule has 0 bridgehead atoms.